The average molecular weight is 400 g/mol. The van der Waals surface area contributed by atoms with Gasteiger partial charge in [0, 0.05) is 49.5 Å². The lowest BCUT2D eigenvalue weighted by Gasteiger charge is -2.34. The lowest BCUT2D eigenvalue weighted by molar-refractivity contribution is 0.313. The molecule has 0 atom stereocenters. The summed E-state index contributed by atoms with van der Waals surface area (Å²) in [5.41, 5.74) is 6.12. The number of aromatic amines is 3. The Balaban J connectivity index is 1.45. The summed E-state index contributed by atoms with van der Waals surface area (Å²) in [5.74, 6) is 0.690. The van der Waals surface area contributed by atoms with Crippen molar-refractivity contribution in [3.8, 4) is 22.8 Å². The van der Waals surface area contributed by atoms with Gasteiger partial charge >= 0.3 is 0 Å². The van der Waals surface area contributed by atoms with Crippen molar-refractivity contribution in [3.05, 3.63) is 36.9 Å². The third kappa shape index (κ3) is 2.72. The number of rotatable bonds is 3. The molecule has 5 aromatic rings. The Morgan fingerprint density at radius 3 is 2.80 bits per heavy atom. The number of anilines is 1. The SMILES string of the molecule is CN1CCN(c2ccnc3nc(-c4n[nH]c5cnc(-c6cn[nH]c6)cc45)[nH]c23)CC1. The molecular formula is C20H20N10. The third-order valence-electron chi connectivity index (χ3n) is 5.68. The van der Waals surface area contributed by atoms with Crippen LogP contribution >= 0.6 is 0 Å². The van der Waals surface area contributed by atoms with Crippen molar-refractivity contribution in [2.24, 2.45) is 0 Å². The maximum Gasteiger partial charge on any atom is 0.180 e. The van der Waals surface area contributed by atoms with Gasteiger partial charge in [0.2, 0.25) is 0 Å². The number of hydrogen-bond donors (Lipinski definition) is 3. The molecule has 3 N–H and O–H groups in total. The number of aromatic nitrogens is 8. The maximum absolute atomic E-state index is 4.74. The van der Waals surface area contributed by atoms with Gasteiger partial charge in [-0.2, -0.15) is 10.2 Å². The molecule has 0 radical (unpaired) electrons. The minimum absolute atomic E-state index is 0.690. The minimum atomic E-state index is 0.690. The second-order valence-electron chi connectivity index (χ2n) is 7.58. The van der Waals surface area contributed by atoms with Crippen LogP contribution in [0.5, 0.6) is 0 Å². The molecular weight excluding hydrogens is 380 g/mol. The second kappa shape index (κ2) is 6.63. The van der Waals surface area contributed by atoms with Gasteiger partial charge in [0.25, 0.3) is 0 Å². The molecule has 30 heavy (non-hydrogen) atoms. The standard InChI is InChI=1S/C20H20N10/c1-29-4-6-30(7-5-29)16-2-3-21-19-18(16)25-20(26-19)17-13-8-14(12-9-23-24-10-12)22-11-15(13)27-28-17/h2-3,8-11H,4-7H2,1H3,(H,23,24)(H,27,28)(H,21,25,26). The van der Waals surface area contributed by atoms with Crippen LogP contribution in [0.25, 0.3) is 44.8 Å². The molecule has 1 aliphatic heterocycles. The van der Waals surface area contributed by atoms with Gasteiger partial charge in [0.15, 0.2) is 11.5 Å². The predicted molar refractivity (Wildman–Crippen MR) is 114 cm³/mol. The minimum Gasteiger partial charge on any atom is -0.367 e. The van der Waals surface area contributed by atoms with Gasteiger partial charge in [-0.25, -0.2) is 9.97 Å². The number of fused-ring (bicyclic) bond motifs is 2. The van der Waals surface area contributed by atoms with E-state index in [1.54, 1.807) is 12.4 Å². The Morgan fingerprint density at radius 2 is 1.97 bits per heavy atom. The number of piperazine rings is 1. The fraction of sp³-hybridized carbons (Fsp3) is 0.250. The molecule has 0 saturated carbocycles. The molecule has 10 nitrogen and oxygen atoms in total. The first-order valence-corrected chi connectivity index (χ1v) is 9.88. The van der Waals surface area contributed by atoms with Gasteiger partial charge in [-0.05, 0) is 19.2 Å². The van der Waals surface area contributed by atoms with E-state index >= 15 is 0 Å². The molecule has 0 unspecified atom stereocenters. The normalized spacial score (nSPS) is 15.4. The van der Waals surface area contributed by atoms with Gasteiger partial charge in [0.05, 0.1) is 29.3 Å². The van der Waals surface area contributed by atoms with E-state index in [0.29, 0.717) is 11.5 Å². The first-order chi connectivity index (χ1) is 14.8. The topological polar surface area (TPSA) is 118 Å². The highest BCUT2D eigenvalue weighted by atomic mass is 15.3. The van der Waals surface area contributed by atoms with Crippen LogP contribution in [0.15, 0.2) is 36.9 Å². The van der Waals surface area contributed by atoms with E-state index in [0.717, 1.165) is 65.2 Å². The highest BCUT2D eigenvalue weighted by Gasteiger charge is 2.20. The Labute approximate surface area is 171 Å². The van der Waals surface area contributed by atoms with Gasteiger partial charge in [-0.1, -0.05) is 0 Å². The van der Waals surface area contributed by atoms with E-state index in [1.165, 1.54) is 0 Å². The van der Waals surface area contributed by atoms with E-state index < -0.39 is 0 Å². The molecule has 0 aromatic carbocycles. The Morgan fingerprint density at radius 1 is 1.07 bits per heavy atom. The monoisotopic (exact) mass is 400 g/mol. The summed E-state index contributed by atoms with van der Waals surface area (Å²) < 4.78 is 0. The van der Waals surface area contributed by atoms with Crippen LogP contribution in [0, 0.1) is 0 Å². The third-order valence-corrected chi connectivity index (χ3v) is 5.68. The number of H-pyrrole nitrogens is 3. The molecule has 5 aromatic heterocycles. The summed E-state index contributed by atoms with van der Waals surface area (Å²) in [6, 6.07) is 4.06. The molecule has 10 heteroatoms. The van der Waals surface area contributed by atoms with Crippen LogP contribution in [0.3, 0.4) is 0 Å². The molecule has 1 saturated heterocycles. The molecule has 1 fully saturated rings. The first kappa shape index (κ1) is 17.1. The van der Waals surface area contributed by atoms with Crippen LogP contribution in [0.4, 0.5) is 5.69 Å². The summed E-state index contributed by atoms with van der Waals surface area (Å²) in [6.45, 7) is 4.04. The van der Waals surface area contributed by atoms with Gasteiger partial charge < -0.3 is 14.8 Å². The van der Waals surface area contributed by atoms with Crippen LogP contribution in [0.1, 0.15) is 0 Å². The van der Waals surface area contributed by atoms with Crippen LogP contribution < -0.4 is 4.90 Å². The Hall–Kier alpha value is -3.79. The number of nitrogens with zero attached hydrogens (tertiary/aromatic N) is 7. The van der Waals surface area contributed by atoms with E-state index in [2.05, 4.69) is 58.3 Å². The summed E-state index contributed by atoms with van der Waals surface area (Å²) >= 11 is 0. The van der Waals surface area contributed by atoms with Crippen molar-refractivity contribution in [2.75, 3.05) is 38.1 Å². The fourth-order valence-electron chi connectivity index (χ4n) is 3.97. The zero-order valence-corrected chi connectivity index (χ0v) is 16.4. The predicted octanol–water partition coefficient (Wildman–Crippen LogP) is 2.04. The average Bonchev–Trinajstić information content (AvgIpc) is 3.52. The fourth-order valence-corrected chi connectivity index (χ4v) is 3.97. The van der Waals surface area contributed by atoms with Crippen molar-refractivity contribution < 1.29 is 0 Å². The van der Waals surface area contributed by atoms with Crippen molar-refractivity contribution >= 4 is 27.8 Å². The number of nitrogens with one attached hydrogen (secondary N) is 3. The number of likely N-dealkylation sites (N-methyl/N-ethyl adjacent to an activating group) is 1. The molecule has 6 rings (SSSR count). The molecule has 0 aliphatic carbocycles. The number of hydrogen-bond acceptors (Lipinski definition) is 7. The highest BCUT2D eigenvalue weighted by molar-refractivity contribution is 5.95. The van der Waals surface area contributed by atoms with Gasteiger partial charge in [0.1, 0.15) is 11.2 Å². The molecule has 1 aliphatic rings. The quantitative estimate of drug-likeness (QED) is 0.424. The maximum atomic E-state index is 4.74. The zero-order valence-electron chi connectivity index (χ0n) is 16.4. The molecule has 6 heterocycles. The van der Waals surface area contributed by atoms with Gasteiger partial charge in [-0.15, -0.1) is 0 Å². The second-order valence-corrected chi connectivity index (χ2v) is 7.58. The lowest BCUT2D eigenvalue weighted by atomic mass is 10.1. The van der Waals surface area contributed by atoms with Crippen molar-refractivity contribution in [2.45, 2.75) is 0 Å². The summed E-state index contributed by atoms with van der Waals surface area (Å²) in [5, 5.41) is 15.3. The summed E-state index contributed by atoms with van der Waals surface area (Å²) in [6.07, 6.45) is 7.18. The van der Waals surface area contributed by atoms with Gasteiger partial charge in [-0.3, -0.25) is 15.2 Å². The highest BCUT2D eigenvalue weighted by Crippen LogP contribution is 2.31. The summed E-state index contributed by atoms with van der Waals surface area (Å²) in [7, 11) is 2.16. The smallest absolute Gasteiger partial charge is 0.180 e. The zero-order chi connectivity index (χ0) is 20.1. The number of pyridine rings is 2. The van der Waals surface area contributed by atoms with Crippen LogP contribution in [-0.2, 0) is 0 Å². The molecule has 0 spiro atoms. The van der Waals surface area contributed by atoms with E-state index in [1.807, 2.05) is 18.5 Å². The lowest BCUT2D eigenvalue weighted by Crippen LogP contribution is -2.44. The van der Waals surface area contributed by atoms with E-state index in [-0.39, 0.29) is 0 Å². The number of imidazole rings is 1. The van der Waals surface area contributed by atoms with Crippen LogP contribution in [0.2, 0.25) is 0 Å². The van der Waals surface area contributed by atoms with Crippen molar-refractivity contribution in [1.29, 1.82) is 0 Å². The summed E-state index contributed by atoms with van der Waals surface area (Å²) in [4.78, 5) is 21.9. The molecule has 0 bridgehead atoms. The Bertz CT molecular complexity index is 1320. The molecule has 150 valence electrons. The van der Waals surface area contributed by atoms with Crippen molar-refractivity contribution in [3.63, 3.8) is 0 Å². The van der Waals surface area contributed by atoms with Crippen molar-refractivity contribution in [1.82, 2.24) is 45.2 Å². The van der Waals surface area contributed by atoms with Crippen LogP contribution in [-0.4, -0.2) is 78.5 Å². The molecule has 0 amide bonds. The largest absolute Gasteiger partial charge is 0.367 e. The Kier molecular flexibility index (Phi) is 3.78. The van der Waals surface area contributed by atoms with E-state index in [9.17, 15) is 0 Å². The van der Waals surface area contributed by atoms with E-state index in [4.69, 9.17) is 4.98 Å². The first-order valence-electron chi connectivity index (χ1n) is 9.88.